The molecule has 6 nitrogen and oxygen atoms in total. The van der Waals surface area contributed by atoms with Crippen LogP contribution in [0.2, 0.25) is 5.15 Å². The first-order valence-electron chi connectivity index (χ1n) is 11.0. The first-order chi connectivity index (χ1) is 17.3. The highest BCUT2D eigenvalue weighted by Gasteiger charge is 2.43. The predicted molar refractivity (Wildman–Crippen MR) is 124 cm³/mol. The molecule has 13 heteroatoms. The monoisotopic (exact) mass is 559 g/mol. The van der Waals surface area contributed by atoms with Crippen molar-refractivity contribution in [1.82, 2.24) is 14.3 Å². The summed E-state index contributed by atoms with van der Waals surface area (Å²) < 4.78 is 92.6. The van der Waals surface area contributed by atoms with Gasteiger partial charge in [0.05, 0.1) is 16.6 Å². The number of sulfonamides is 1. The molecule has 3 heterocycles. The maximum Gasteiger partial charge on any atom is 0.433 e. The van der Waals surface area contributed by atoms with Crippen molar-refractivity contribution < 1.29 is 35.2 Å². The van der Waals surface area contributed by atoms with Crippen molar-refractivity contribution in [1.29, 1.82) is 0 Å². The van der Waals surface area contributed by atoms with Crippen LogP contribution in [0.4, 0.5) is 22.0 Å². The number of hydrogen-bond donors (Lipinski definition) is 0. The largest absolute Gasteiger partial charge is 0.433 e. The Kier molecular flexibility index (Phi) is 7.63. The maximum atomic E-state index is 14.2. The molecule has 4 rings (SSSR count). The van der Waals surface area contributed by atoms with Gasteiger partial charge >= 0.3 is 6.18 Å². The molecular formula is C24H19ClF5N3O3S. The zero-order valence-corrected chi connectivity index (χ0v) is 20.5. The number of hydrogen-bond acceptors (Lipinski definition) is 5. The normalized spacial score (nSPS) is 18.8. The molecular weight excluding hydrogens is 541 g/mol. The highest BCUT2D eigenvalue weighted by atomic mass is 35.5. The first-order valence-corrected chi connectivity index (χ1v) is 12.8. The van der Waals surface area contributed by atoms with Crippen molar-refractivity contribution >= 4 is 27.4 Å². The molecule has 37 heavy (non-hydrogen) atoms. The van der Waals surface area contributed by atoms with E-state index >= 15 is 0 Å². The Labute approximate surface area is 214 Å². The van der Waals surface area contributed by atoms with Gasteiger partial charge in [0, 0.05) is 31.1 Å². The zero-order chi connectivity index (χ0) is 27.0. The Morgan fingerprint density at radius 1 is 1.11 bits per heavy atom. The average Bonchev–Trinajstić information content (AvgIpc) is 3.25. The van der Waals surface area contributed by atoms with Gasteiger partial charge in [0.1, 0.15) is 22.8 Å². The SMILES string of the molecule is O=C(CCc1cc(Cl)nc(-c2ccc(C(F)(F)F)nc2)c1)[C@@H]1C[C@@H](F)CN1S(=O)(=O)c1ccc(F)cc1. The number of alkyl halides is 4. The summed E-state index contributed by atoms with van der Waals surface area (Å²) in [5.74, 6) is -1.16. The summed E-state index contributed by atoms with van der Waals surface area (Å²) in [6.07, 6.45) is -5.49. The smallest absolute Gasteiger partial charge is 0.298 e. The van der Waals surface area contributed by atoms with E-state index in [2.05, 4.69) is 9.97 Å². The number of pyridine rings is 2. The fourth-order valence-electron chi connectivity index (χ4n) is 4.05. The first kappa shape index (κ1) is 27.1. The molecule has 0 aliphatic carbocycles. The second-order valence-electron chi connectivity index (χ2n) is 8.46. The standard InChI is InChI=1S/C24H19ClF5N3O3S/c25-23-10-14(9-19(32-23)15-2-8-22(31-12-15)24(28,29)30)1-7-21(34)20-11-17(27)13-33(20)37(35,36)18-5-3-16(26)4-6-18/h2-6,8-10,12,17,20H,1,7,11,13H2/t17-,20+/m1/s1. The molecule has 0 amide bonds. The summed E-state index contributed by atoms with van der Waals surface area (Å²) in [6, 6.07) is 7.79. The number of halogens is 6. The minimum absolute atomic E-state index is 0.0325. The Morgan fingerprint density at radius 2 is 1.81 bits per heavy atom. The van der Waals surface area contributed by atoms with Crippen molar-refractivity contribution in [3.05, 3.63) is 77.0 Å². The van der Waals surface area contributed by atoms with Crippen molar-refractivity contribution in [3.8, 4) is 11.3 Å². The van der Waals surface area contributed by atoms with Gasteiger partial charge in [-0.25, -0.2) is 22.2 Å². The number of Topliss-reactive ketones (excluding diaryl/α,β-unsaturated/α-hetero) is 1. The van der Waals surface area contributed by atoms with Crippen molar-refractivity contribution in [2.75, 3.05) is 6.54 Å². The molecule has 1 aliphatic heterocycles. The second-order valence-corrected chi connectivity index (χ2v) is 10.7. The molecule has 0 spiro atoms. The number of carbonyl (C=O) groups excluding carboxylic acids is 1. The van der Waals surface area contributed by atoms with Crippen LogP contribution >= 0.6 is 11.6 Å². The van der Waals surface area contributed by atoms with E-state index in [4.69, 9.17) is 11.6 Å². The second kappa shape index (κ2) is 10.4. The third kappa shape index (κ3) is 6.13. The molecule has 196 valence electrons. The van der Waals surface area contributed by atoms with Gasteiger partial charge in [0.25, 0.3) is 0 Å². The molecule has 2 atom stereocenters. The number of carbonyl (C=O) groups is 1. The van der Waals surface area contributed by atoms with Gasteiger partial charge in [-0.15, -0.1) is 0 Å². The fourth-order valence-corrected chi connectivity index (χ4v) is 5.92. The number of benzene rings is 1. The van der Waals surface area contributed by atoms with Gasteiger partial charge in [0.15, 0.2) is 5.78 Å². The topological polar surface area (TPSA) is 80.2 Å². The summed E-state index contributed by atoms with van der Waals surface area (Å²) in [5, 5.41) is 0.0325. The van der Waals surface area contributed by atoms with Gasteiger partial charge in [0.2, 0.25) is 10.0 Å². The van der Waals surface area contributed by atoms with E-state index in [-0.39, 0.29) is 40.6 Å². The summed E-state index contributed by atoms with van der Waals surface area (Å²) in [4.78, 5) is 20.2. The Morgan fingerprint density at radius 3 is 2.43 bits per heavy atom. The van der Waals surface area contributed by atoms with Crippen molar-refractivity contribution in [2.24, 2.45) is 0 Å². The molecule has 2 aromatic heterocycles. The van der Waals surface area contributed by atoms with Crippen LogP contribution < -0.4 is 0 Å². The Hall–Kier alpha value is -2.96. The summed E-state index contributed by atoms with van der Waals surface area (Å²) in [7, 11) is -4.24. The number of aromatic nitrogens is 2. The van der Waals surface area contributed by atoms with E-state index in [1.165, 1.54) is 18.2 Å². The molecule has 0 bridgehead atoms. The van der Waals surface area contributed by atoms with Crippen LogP contribution in [0, 0.1) is 5.82 Å². The number of aryl methyl sites for hydroxylation is 1. The van der Waals surface area contributed by atoms with Gasteiger partial charge in [-0.3, -0.25) is 9.78 Å². The lowest BCUT2D eigenvalue weighted by Gasteiger charge is -2.23. The van der Waals surface area contributed by atoms with Crippen molar-refractivity contribution in [2.45, 2.75) is 42.5 Å². The van der Waals surface area contributed by atoms with Gasteiger partial charge in [-0.2, -0.15) is 17.5 Å². The highest BCUT2D eigenvalue weighted by Crippen LogP contribution is 2.31. The molecule has 1 fully saturated rings. The molecule has 0 radical (unpaired) electrons. The van der Waals surface area contributed by atoms with Crippen LogP contribution in [0.1, 0.15) is 24.1 Å². The highest BCUT2D eigenvalue weighted by molar-refractivity contribution is 7.89. The summed E-state index contributed by atoms with van der Waals surface area (Å²) >= 11 is 6.07. The van der Waals surface area contributed by atoms with E-state index in [9.17, 15) is 35.2 Å². The maximum absolute atomic E-state index is 14.2. The summed E-state index contributed by atoms with van der Waals surface area (Å²) in [6.45, 7) is -0.498. The van der Waals surface area contributed by atoms with Crippen LogP contribution in [-0.4, -0.2) is 47.2 Å². The zero-order valence-electron chi connectivity index (χ0n) is 18.9. The van der Waals surface area contributed by atoms with E-state index in [0.29, 0.717) is 5.56 Å². The van der Waals surface area contributed by atoms with E-state index in [1.807, 2.05) is 0 Å². The predicted octanol–water partition coefficient (Wildman–Crippen LogP) is 5.26. The third-order valence-electron chi connectivity index (χ3n) is 5.86. The number of nitrogens with zero attached hydrogens (tertiary/aromatic N) is 3. The van der Waals surface area contributed by atoms with Crippen LogP contribution in [0.15, 0.2) is 59.6 Å². The van der Waals surface area contributed by atoms with Gasteiger partial charge < -0.3 is 0 Å². The fraction of sp³-hybridized carbons (Fsp3) is 0.292. The third-order valence-corrected chi connectivity index (χ3v) is 7.94. The Bertz CT molecular complexity index is 1400. The molecule has 1 aliphatic rings. The molecule has 0 N–H and O–H groups in total. The van der Waals surface area contributed by atoms with Crippen LogP contribution in [-0.2, 0) is 27.4 Å². The lowest BCUT2D eigenvalue weighted by atomic mass is 10.0. The summed E-state index contributed by atoms with van der Waals surface area (Å²) in [5.41, 5.74) is -0.0324. The minimum Gasteiger partial charge on any atom is -0.298 e. The molecule has 0 unspecified atom stereocenters. The minimum atomic E-state index is -4.59. The molecule has 1 saturated heterocycles. The molecule has 0 saturated carbocycles. The van der Waals surface area contributed by atoms with E-state index < -0.39 is 52.3 Å². The van der Waals surface area contributed by atoms with E-state index in [1.54, 1.807) is 0 Å². The van der Waals surface area contributed by atoms with Crippen molar-refractivity contribution in [3.63, 3.8) is 0 Å². The Balaban J connectivity index is 1.50. The average molecular weight is 560 g/mol. The van der Waals surface area contributed by atoms with Gasteiger partial charge in [-0.1, -0.05) is 11.6 Å². The molecule has 1 aromatic carbocycles. The van der Waals surface area contributed by atoms with Crippen LogP contribution in [0.3, 0.4) is 0 Å². The number of ketones is 1. The molecule has 3 aromatic rings. The quantitative estimate of drug-likeness (QED) is 0.291. The number of rotatable bonds is 7. The lowest BCUT2D eigenvalue weighted by molar-refractivity contribution is -0.141. The van der Waals surface area contributed by atoms with Crippen LogP contribution in [0.5, 0.6) is 0 Å². The van der Waals surface area contributed by atoms with Gasteiger partial charge in [-0.05, 0) is 60.5 Å². The van der Waals surface area contributed by atoms with E-state index in [0.717, 1.165) is 40.8 Å². The lowest BCUT2D eigenvalue weighted by Crippen LogP contribution is -2.40. The van der Waals surface area contributed by atoms with Crippen LogP contribution in [0.25, 0.3) is 11.3 Å².